The second-order valence-corrected chi connectivity index (χ2v) is 7.86. The van der Waals surface area contributed by atoms with E-state index in [0.29, 0.717) is 31.0 Å². The van der Waals surface area contributed by atoms with Crippen LogP contribution in [0.1, 0.15) is 40.9 Å². The number of ether oxygens (including phenoxy) is 2. The van der Waals surface area contributed by atoms with Gasteiger partial charge in [0.05, 0.1) is 20.1 Å². The molecule has 33 heavy (non-hydrogen) atoms. The van der Waals surface area contributed by atoms with E-state index < -0.39 is 0 Å². The van der Waals surface area contributed by atoms with E-state index in [0.717, 1.165) is 27.8 Å². The number of hydrogen-bond acceptors (Lipinski definition) is 4. The Bertz CT molecular complexity index is 1110. The predicted octanol–water partition coefficient (Wildman–Crippen LogP) is 5.44. The molecule has 0 fully saturated rings. The standard InChI is InChI=1S/C28H31NO4/c1-5-29(28(31)22-10-8-7-9-11-22)19-23-16-20(3)12-14-24(23)25-17-21(13-15-26(25)32-4)18-27(30)33-6-2/h7-17H,5-6,18-19H2,1-4H3. The van der Waals surface area contributed by atoms with Crippen molar-refractivity contribution in [3.05, 3.63) is 89.0 Å². The molecule has 3 aromatic carbocycles. The molecule has 0 aromatic heterocycles. The number of rotatable bonds is 9. The Morgan fingerprint density at radius 3 is 2.33 bits per heavy atom. The maximum atomic E-state index is 13.1. The van der Waals surface area contributed by atoms with Crippen molar-refractivity contribution in [2.75, 3.05) is 20.3 Å². The van der Waals surface area contributed by atoms with Gasteiger partial charge in [-0.15, -0.1) is 0 Å². The lowest BCUT2D eigenvalue weighted by Crippen LogP contribution is -2.30. The zero-order valence-electron chi connectivity index (χ0n) is 19.8. The first kappa shape index (κ1) is 24.1. The van der Waals surface area contributed by atoms with Gasteiger partial charge in [-0.3, -0.25) is 9.59 Å². The van der Waals surface area contributed by atoms with Gasteiger partial charge in [0.2, 0.25) is 0 Å². The van der Waals surface area contributed by atoms with Crippen LogP contribution >= 0.6 is 0 Å². The van der Waals surface area contributed by atoms with E-state index in [1.807, 2.05) is 73.3 Å². The summed E-state index contributed by atoms with van der Waals surface area (Å²) in [6.07, 6.45) is 0.194. The van der Waals surface area contributed by atoms with Crippen LogP contribution in [-0.2, 0) is 22.5 Å². The molecular weight excluding hydrogens is 414 g/mol. The van der Waals surface area contributed by atoms with Crippen molar-refractivity contribution in [3.63, 3.8) is 0 Å². The number of aryl methyl sites for hydroxylation is 1. The highest BCUT2D eigenvalue weighted by molar-refractivity contribution is 5.94. The summed E-state index contributed by atoms with van der Waals surface area (Å²) in [5, 5.41) is 0. The normalized spacial score (nSPS) is 10.5. The van der Waals surface area contributed by atoms with Crippen LogP contribution in [-0.4, -0.2) is 37.0 Å². The molecule has 1 amide bonds. The molecule has 0 radical (unpaired) electrons. The molecule has 0 spiro atoms. The molecule has 0 saturated heterocycles. The van der Waals surface area contributed by atoms with Crippen LogP contribution in [0, 0.1) is 6.92 Å². The van der Waals surface area contributed by atoms with Crippen molar-refractivity contribution in [1.29, 1.82) is 0 Å². The fourth-order valence-electron chi connectivity index (χ4n) is 3.87. The van der Waals surface area contributed by atoms with E-state index >= 15 is 0 Å². The van der Waals surface area contributed by atoms with Crippen LogP contribution in [0.2, 0.25) is 0 Å². The van der Waals surface area contributed by atoms with E-state index in [9.17, 15) is 9.59 Å². The lowest BCUT2D eigenvalue weighted by Gasteiger charge is -2.24. The summed E-state index contributed by atoms with van der Waals surface area (Å²) >= 11 is 0. The molecule has 0 bridgehead atoms. The molecule has 0 N–H and O–H groups in total. The molecule has 0 aliphatic carbocycles. The van der Waals surface area contributed by atoms with E-state index in [4.69, 9.17) is 9.47 Å². The summed E-state index contributed by atoms with van der Waals surface area (Å²) in [6.45, 7) is 7.22. The van der Waals surface area contributed by atoms with E-state index in [-0.39, 0.29) is 18.3 Å². The number of esters is 1. The Morgan fingerprint density at radius 1 is 0.909 bits per heavy atom. The number of carbonyl (C=O) groups excluding carboxylic acids is 2. The fourth-order valence-corrected chi connectivity index (χ4v) is 3.87. The number of amides is 1. The highest BCUT2D eigenvalue weighted by Crippen LogP contribution is 2.35. The first-order valence-corrected chi connectivity index (χ1v) is 11.2. The molecule has 5 heteroatoms. The molecule has 3 rings (SSSR count). The van der Waals surface area contributed by atoms with Crippen LogP contribution in [0.25, 0.3) is 11.1 Å². The summed E-state index contributed by atoms with van der Waals surface area (Å²) < 4.78 is 10.8. The lowest BCUT2D eigenvalue weighted by atomic mass is 9.94. The molecule has 0 atom stereocenters. The first-order chi connectivity index (χ1) is 16.0. The van der Waals surface area contributed by atoms with E-state index in [2.05, 4.69) is 12.1 Å². The zero-order chi connectivity index (χ0) is 23.8. The summed E-state index contributed by atoms with van der Waals surface area (Å²) in [4.78, 5) is 27.0. The van der Waals surface area contributed by atoms with Crippen molar-refractivity contribution in [1.82, 2.24) is 4.90 Å². The summed E-state index contributed by atoms with van der Waals surface area (Å²) in [5.74, 6) is 0.446. The fraction of sp³-hybridized carbons (Fsp3) is 0.286. The van der Waals surface area contributed by atoms with Crippen LogP contribution in [0.5, 0.6) is 5.75 Å². The summed E-state index contributed by atoms with van der Waals surface area (Å²) in [7, 11) is 1.63. The van der Waals surface area contributed by atoms with Crippen molar-refractivity contribution >= 4 is 11.9 Å². The second kappa shape index (κ2) is 11.3. The molecule has 5 nitrogen and oxygen atoms in total. The number of carbonyl (C=O) groups is 2. The monoisotopic (exact) mass is 445 g/mol. The lowest BCUT2D eigenvalue weighted by molar-refractivity contribution is -0.142. The maximum Gasteiger partial charge on any atom is 0.310 e. The third kappa shape index (κ3) is 6.01. The molecule has 172 valence electrons. The average molecular weight is 446 g/mol. The Morgan fingerprint density at radius 2 is 1.67 bits per heavy atom. The third-order valence-corrected chi connectivity index (χ3v) is 5.52. The summed E-state index contributed by atoms with van der Waals surface area (Å²) in [5.41, 5.74) is 5.51. The third-order valence-electron chi connectivity index (χ3n) is 5.52. The summed E-state index contributed by atoms with van der Waals surface area (Å²) in [6, 6.07) is 21.3. The first-order valence-electron chi connectivity index (χ1n) is 11.2. The van der Waals surface area contributed by atoms with Crippen LogP contribution in [0.15, 0.2) is 66.7 Å². The minimum atomic E-state index is -0.261. The van der Waals surface area contributed by atoms with Gasteiger partial charge >= 0.3 is 5.97 Å². The highest BCUT2D eigenvalue weighted by atomic mass is 16.5. The highest BCUT2D eigenvalue weighted by Gasteiger charge is 2.19. The van der Waals surface area contributed by atoms with Gasteiger partial charge < -0.3 is 14.4 Å². The van der Waals surface area contributed by atoms with Gasteiger partial charge in [0.15, 0.2) is 0 Å². The Hall–Kier alpha value is -3.60. The second-order valence-electron chi connectivity index (χ2n) is 7.86. The zero-order valence-corrected chi connectivity index (χ0v) is 19.8. The number of hydrogen-bond donors (Lipinski definition) is 0. The van der Waals surface area contributed by atoms with Gasteiger partial charge in [-0.05, 0) is 61.7 Å². The maximum absolute atomic E-state index is 13.1. The average Bonchev–Trinajstić information content (AvgIpc) is 2.83. The molecule has 3 aromatic rings. The van der Waals surface area contributed by atoms with Gasteiger partial charge in [-0.2, -0.15) is 0 Å². The molecule has 0 aliphatic heterocycles. The minimum absolute atomic E-state index is 0.00594. The number of benzene rings is 3. The number of nitrogens with zero attached hydrogens (tertiary/aromatic N) is 1. The largest absolute Gasteiger partial charge is 0.496 e. The van der Waals surface area contributed by atoms with Gasteiger partial charge in [0, 0.05) is 24.2 Å². The molecule has 0 heterocycles. The Labute approximate surface area is 196 Å². The van der Waals surface area contributed by atoms with Crippen molar-refractivity contribution in [2.45, 2.75) is 33.7 Å². The molecule has 0 unspecified atom stereocenters. The van der Waals surface area contributed by atoms with E-state index in [1.54, 1.807) is 14.0 Å². The van der Waals surface area contributed by atoms with Gasteiger partial charge in [-0.25, -0.2) is 0 Å². The van der Waals surface area contributed by atoms with Crippen LogP contribution in [0.4, 0.5) is 0 Å². The minimum Gasteiger partial charge on any atom is -0.496 e. The van der Waals surface area contributed by atoms with Gasteiger partial charge in [0.1, 0.15) is 5.75 Å². The van der Waals surface area contributed by atoms with Crippen molar-refractivity contribution in [2.24, 2.45) is 0 Å². The van der Waals surface area contributed by atoms with Gasteiger partial charge in [-0.1, -0.05) is 48.0 Å². The molecular formula is C28H31NO4. The van der Waals surface area contributed by atoms with Gasteiger partial charge in [0.25, 0.3) is 5.91 Å². The van der Waals surface area contributed by atoms with Crippen LogP contribution < -0.4 is 4.74 Å². The Kier molecular flexibility index (Phi) is 8.25. The van der Waals surface area contributed by atoms with Crippen LogP contribution in [0.3, 0.4) is 0 Å². The van der Waals surface area contributed by atoms with Crippen molar-refractivity contribution < 1.29 is 19.1 Å². The predicted molar refractivity (Wildman–Crippen MR) is 130 cm³/mol. The topological polar surface area (TPSA) is 55.8 Å². The van der Waals surface area contributed by atoms with E-state index in [1.165, 1.54) is 0 Å². The molecule has 0 saturated carbocycles. The Balaban J connectivity index is 2.00. The number of methoxy groups -OCH3 is 1. The smallest absolute Gasteiger partial charge is 0.310 e. The SMILES string of the molecule is CCOC(=O)Cc1ccc(OC)c(-c2ccc(C)cc2CN(CC)C(=O)c2ccccc2)c1. The van der Waals surface area contributed by atoms with Crippen molar-refractivity contribution in [3.8, 4) is 16.9 Å². The molecule has 0 aliphatic rings. The quantitative estimate of drug-likeness (QED) is 0.412.